The van der Waals surface area contributed by atoms with Crippen LogP contribution < -0.4 is 11.1 Å². The fourth-order valence-electron chi connectivity index (χ4n) is 2.42. The van der Waals surface area contributed by atoms with Crippen LogP contribution in [0.3, 0.4) is 0 Å². The van der Waals surface area contributed by atoms with Crippen LogP contribution in [-0.2, 0) is 0 Å². The Hall–Kier alpha value is -1.59. The Morgan fingerprint density at radius 2 is 1.95 bits per heavy atom. The molecule has 0 aliphatic carbocycles. The first-order chi connectivity index (χ1) is 9.69. The van der Waals surface area contributed by atoms with Gasteiger partial charge < -0.3 is 20.9 Å². The van der Waals surface area contributed by atoms with E-state index < -0.39 is 0 Å². The van der Waals surface area contributed by atoms with Crippen molar-refractivity contribution >= 4 is 11.7 Å². The van der Waals surface area contributed by atoms with Gasteiger partial charge in [0.2, 0.25) is 0 Å². The maximum atomic E-state index is 12.2. The van der Waals surface area contributed by atoms with Crippen LogP contribution in [0.25, 0.3) is 0 Å². The molecule has 2 rings (SSSR count). The van der Waals surface area contributed by atoms with E-state index in [0.717, 1.165) is 44.8 Å². The normalized spacial score (nSPS) is 16.8. The zero-order valence-corrected chi connectivity index (χ0v) is 12.1. The fourth-order valence-corrected chi connectivity index (χ4v) is 2.42. The van der Waals surface area contributed by atoms with Crippen LogP contribution in [0.15, 0.2) is 24.3 Å². The summed E-state index contributed by atoms with van der Waals surface area (Å²) in [6.07, 6.45) is 1.00. The lowest BCUT2D eigenvalue weighted by Gasteiger charge is -2.22. The lowest BCUT2D eigenvalue weighted by atomic mass is 10.2. The van der Waals surface area contributed by atoms with E-state index in [-0.39, 0.29) is 6.03 Å². The van der Waals surface area contributed by atoms with Gasteiger partial charge >= 0.3 is 6.03 Å². The van der Waals surface area contributed by atoms with Crippen molar-refractivity contribution in [3.8, 4) is 0 Å². The number of carbonyl (C=O) groups excluding carboxylic acids is 1. The van der Waals surface area contributed by atoms with E-state index in [0.29, 0.717) is 6.54 Å². The number of aryl methyl sites for hydroxylation is 1. The molecule has 2 amide bonds. The van der Waals surface area contributed by atoms with Crippen LogP contribution >= 0.6 is 0 Å². The third-order valence-corrected chi connectivity index (χ3v) is 3.62. The molecular weight excluding hydrogens is 252 g/mol. The molecule has 0 aromatic heterocycles. The highest BCUT2D eigenvalue weighted by Gasteiger charge is 2.18. The third-order valence-electron chi connectivity index (χ3n) is 3.62. The summed E-state index contributed by atoms with van der Waals surface area (Å²) in [6.45, 7) is 7.11. The molecule has 1 aliphatic rings. The lowest BCUT2D eigenvalue weighted by molar-refractivity contribution is 0.212. The standard InChI is InChI=1S/C15H24N4O/c1-13-3-5-14(6-4-13)17-15(20)19-9-2-8-18(10-7-16)11-12-19/h3-6H,2,7-12,16H2,1H3,(H,17,20). The number of nitrogens with two attached hydrogens (primary N) is 1. The molecule has 0 radical (unpaired) electrons. The van der Waals surface area contributed by atoms with Gasteiger partial charge in [-0.3, -0.25) is 0 Å². The van der Waals surface area contributed by atoms with Crippen molar-refractivity contribution in [1.82, 2.24) is 9.80 Å². The molecule has 0 bridgehead atoms. The molecule has 3 N–H and O–H groups in total. The molecular formula is C15H24N4O. The molecule has 0 atom stereocenters. The van der Waals surface area contributed by atoms with Gasteiger partial charge in [0.05, 0.1) is 0 Å². The first kappa shape index (κ1) is 14.8. The summed E-state index contributed by atoms with van der Waals surface area (Å²) in [5.41, 5.74) is 7.63. The highest BCUT2D eigenvalue weighted by Crippen LogP contribution is 2.11. The largest absolute Gasteiger partial charge is 0.329 e. The number of rotatable bonds is 3. The minimum Gasteiger partial charge on any atom is -0.329 e. The summed E-state index contributed by atoms with van der Waals surface area (Å²) in [7, 11) is 0. The molecule has 1 aromatic carbocycles. The highest BCUT2D eigenvalue weighted by atomic mass is 16.2. The molecule has 5 heteroatoms. The number of hydrogen-bond donors (Lipinski definition) is 2. The fraction of sp³-hybridized carbons (Fsp3) is 0.533. The summed E-state index contributed by atoms with van der Waals surface area (Å²) >= 11 is 0. The minimum absolute atomic E-state index is 0.0107. The molecule has 1 saturated heterocycles. The summed E-state index contributed by atoms with van der Waals surface area (Å²) in [5.74, 6) is 0. The van der Waals surface area contributed by atoms with Gasteiger partial charge in [-0.15, -0.1) is 0 Å². The number of carbonyl (C=O) groups is 1. The zero-order chi connectivity index (χ0) is 14.4. The van der Waals surface area contributed by atoms with Gasteiger partial charge in [0.25, 0.3) is 0 Å². The predicted octanol–water partition coefficient (Wildman–Crippen LogP) is 1.49. The van der Waals surface area contributed by atoms with Crippen LogP contribution in [0, 0.1) is 6.92 Å². The van der Waals surface area contributed by atoms with E-state index in [9.17, 15) is 4.79 Å². The van der Waals surface area contributed by atoms with Crippen molar-refractivity contribution in [3.63, 3.8) is 0 Å². The maximum absolute atomic E-state index is 12.2. The Balaban J connectivity index is 1.87. The molecule has 0 unspecified atom stereocenters. The van der Waals surface area contributed by atoms with Gasteiger partial charge in [0.15, 0.2) is 0 Å². The molecule has 0 saturated carbocycles. The van der Waals surface area contributed by atoms with Crippen LogP contribution in [0.4, 0.5) is 10.5 Å². The molecule has 5 nitrogen and oxygen atoms in total. The first-order valence-electron chi connectivity index (χ1n) is 7.24. The van der Waals surface area contributed by atoms with E-state index in [1.54, 1.807) is 0 Å². The van der Waals surface area contributed by atoms with Gasteiger partial charge in [-0.2, -0.15) is 0 Å². The number of nitrogens with one attached hydrogen (secondary N) is 1. The van der Waals surface area contributed by atoms with E-state index in [1.165, 1.54) is 5.56 Å². The van der Waals surface area contributed by atoms with Crippen molar-refractivity contribution in [2.24, 2.45) is 5.73 Å². The van der Waals surface area contributed by atoms with Crippen molar-refractivity contribution in [2.75, 3.05) is 44.6 Å². The van der Waals surface area contributed by atoms with E-state index >= 15 is 0 Å². The smallest absolute Gasteiger partial charge is 0.321 e. The van der Waals surface area contributed by atoms with Crippen LogP contribution in [0.5, 0.6) is 0 Å². The Bertz CT molecular complexity index is 432. The third kappa shape index (κ3) is 4.21. The van der Waals surface area contributed by atoms with E-state index in [1.807, 2.05) is 36.1 Å². The number of benzene rings is 1. The molecule has 0 spiro atoms. The van der Waals surface area contributed by atoms with E-state index in [2.05, 4.69) is 10.2 Å². The van der Waals surface area contributed by atoms with E-state index in [4.69, 9.17) is 5.73 Å². The quantitative estimate of drug-likeness (QED) is 0.879. The van der Waals surface area contributed by atoms with Crippen LogP contribution in [-0.4, -0.2) is 55.1 Å². The van der Waals surface area contributed by atoms with Crippen molar-refractivity contribution in [2.45, 2.75) is 13.3 Å². The summed E-state index contributed by atoms with van der Waals surface area (Å²) in [5, 5.41) is 2.96. The Morgan fingerprint density at radius 1 is 1.20 bits per heavy atom. The first-order valence-corrected chi connectivity index (χ1v) is 7.24. The molecule has 1 heterocycles. The Morgan fingerprint density at radius 3 is 2.65 bits per heavy atom. The number of anilines is 1. The van der Waals surface area contributed by atoms with Gasteiger partial charge in [-0.05, 0) is 32.0 Å². The second-order valence-corrected chi connectivity index (χ2v) is 5.27. The SMILES string of the molecule is Cc1ccc(NC(=O)N2CCCN(CCN)CC2)cc1. The monoisotopic (exact) mass is 276 g/mol. The molecule has 110 valence electrons. The zero-order valence-electron chi connectivity index (χ0n) is 12.1. The van der Waals surface area contributed by atoms with Crippen LogP contribution in [0.1, 0.15) is 12.0 Å². The number of hydrogen-bond acceptors (Lipinski definition) is 3. The second-order valence-electron chi connectivity index (χ2n) is 5.27. The Labute approximate surface area is 120 Å². The summed E-state index contributed by atoms with van der Waals surface area (Å²) < 4.78 is 0. The maximum Gasteiger partial charge on any atom is 0.321 e. The lowest BCUT2D eigenvalue weighted by Crippen LogP contribution is -2.38. The van der Waals surface area contributed by atoms with Gasteiger partial charge in [0.1, 0.15) is 0 Å². The molecule has 1 aromatic rings. The average Bonchev–Trinajstić information content (AvgIpc) is 2.67. The van der Waals surface area contributed by atoms with Crippen molar-refractivity contribution < 1.29 is 4.79 Å². The van der Waals surface area contributed by atoms with Gasteiger partial charge in [-0.1, -0.05) is 17.7 Å². The van der Waals surface area contributed by atoms with Gasteiger partial charge in [0, 0.05) is 38.4 Å². The minimum atomic E-state index is -0.0107. The Kier molecular flexibility index (Phi) is 5.38. The van der Waals surface area contributed by atoms with Crippen molar-refractivity contribution in [3.05, 3.63) is 29.8 Å². The van der Waals surface area contributed by atoms with Crippen LogP contribution in [0.2, 0.25) is 0 Å². The average molecular weight is 276 g/mol. The second kappa shape index (κ2) is 7.26. The number of nitrogens with zero attached hydrogens (tertiary/aromatic N) is 2. The molecule has 1 aliphatic heterocycles. The highest BCUT2D eigenvalue weighted by molar-refractivity contribution is 5.89. The van der Waals surface area contributed by atoms with Gasteiger partial charge in [-0.25, -0.2) is 4.79 Å². The number of amides is 2. The van der Waals surface area contributed by atoms with Crippen molar-refractivity contribution in [1.29, 1.82) is 0 Å². The summed E-state index contributed by atoms with van der Waals surface area (Å²) in [4.78, 5) is 16.4. The predicted molar refractivity (Wildman–Crippen MR) is 81.9 cm³/mol. The topological polar surface area (TPSA) is 61.6 Å². The molecule has 1 fully saturated rings. The summed E-state index contributed by atoms with van der Waals surface area (Å²) in [6, 6.07) is 7.86. The molecule has 20 heavy (non-hydrogen) atoms. The number of urea groups is 1.